The molecule has 0 saturated heterocycles. The lowest BCUT2D eigenvalue weighted by atomic mass is 10.1. The van der Waals surface area contributed by atoms with Crippen LogP contribution in [-0.2, 0) is 28.5 Å². The van der Waals surface area contributed by atoms with Crippen molar-refractivity contribution in [2.75, 3.05) is 40.6 Å². The van der Waals surface area contributed by atoms with E-state index in [0.717, 1.165) is 0 Å². The number of carbonyl (C=O) groups is 2. The van der Waals surface area contributed by atoms with Crippen LogP contribution in [0, 0.1) is 5.41 Å². The lowest BCUT2D eigenvalue weighted by Gasteiger charge is -2.12. The van der Waals surface area contributed by atoms with Crippen molar-refractivity contribution in [3.8, 4) is 0 Å². The summed E-state index contributed by atoms with van der Waals surface area (Å²) in [6, 6.07) is 0. The molecule has 1 aliphatic rings. The highest BCUT2D eigenvalue weighted by Crippen LogP contribution is 2.47. The first-order chi connectivity index (χ1) is 8.17. The maximum absolute atomic E-state index is 11.6. The second kappa shape index (κ2) is 6.56. The van der Waals surface area contributed by atoms with Crippen LogP contribution >= 0.6 is 0 Å². The minimum absolute atomic E-state index is 0.140. The second-order valence-corrected chi connectivity index (χ2v) is 3.81. The molecule has 0 aliphatic heterocycles. The zero-order chi connectivity index (χ0) is 12.7. The summed E-state index contributed by atoms with van der Waals surface area (Å²) in [7, 11) is 2.85. The number of ether oxygens (including phenoxy) is 4. The first-order valence-electron chi connectivity index (χ1n) is 5.49. The van der Waals surface area contributed by atoms with Crippen LogP contribution in [-0.4, -0.2) is 52.6 Å². The average Bonchev–Trinajstić information content (AvgIpc) is 3.13. The van der Waals surface area contributed by atoms with Crippen LogP contribution in [0.2, 0.25) is 0 Å². The molecule has 0 radical (unpaired) electrons. The lowest BCUT2D eigenvalue weighted by molar-refractivity contribution is -0.163. The third-order valence-electron chi connectivity index (χ3n) is 2.61. The molecule has 1 fully saturated rings. The summed E-state index contributed by atoms with van der Waals surface area (Å²) in [5.41, 5.74) is -1.04. The van der Waals surface area contributed by atoms with Crippen LogP contribution in [0.3, 0.4) is 0 Å². The molecule has 0 aromatic heterocycles. The van der Waals surface area contributed by atoms with Gasteiger partial charge in [-0.1, -0.05) is 0 Å². The van der Waals surface area contributed by atoms with Gasteiger partial charge in [-0.05, 0) is 12.8 Å². The quantitative estimate of drug-likeness (QED) is 0.345. The summed E-state index contributed by atoms with van der Waals surface area (Å²) >= 11 is 0. The summed E-state index contributed by atoms with van der Waals surface area (Å²) in [6.45, 7) is 1.39. The van der Waals surface area contributed by atoms with Gasteiger partial charge >= 0.3 is 11.9 Å². The van der Waals surface area contributed by atoms with Gasteiger partial charge in [-0.2, -0.15) is 0 Å². The van der Waals surface area contributed by atoms with Crippen LogP contribution in [0.25, 0.3) is 0 Å². The number of hydrogen-bond donors (Lipinski definition) is 0. The van der Waals surface area contributed by atoms with Crippen LogP contribution < -0.4 is 0 Å². The highest BCUT2D eigenvalue weighted by atomic mass is 16.6. The fraction of sp³-hybridized carbons (Fsp3) is 0.818. The van der Waals surface area contributed by atoms with Crippen molar-refractivity contribution in [3.05, 3.63) is 0 Å². The highest BCUT2D eigenvalue weighted by molar-refractivity contribution is 6.03. The van der Waals surface area contributed by atoms with Crippen molar-refractivity contribution >= 4 is 11.9 Å². The van der Waals surface area contributed by atoms with Crippen molar-refractivity contribution in [2.24, 2.45) is 5.41 Å². The number of esters is 2. The molecule has 0 aromatic rings. The first-order valence-corrected chi connectivity index (χ1v) is 5.49. The Hall–Kier alpha value is -1.14. The Balaban J connectivity index is 2.15. The second-order valence-electron chi connectivity index (χ2n) is 3.81. The molecule has 0 atom stereocenters. The van der Waals surface area contributed by atoms with Crippen molar-refractivity contribution in [3.63, 3.8) is 0 Å². The molecule has 98 valence electrons. The van der Waals surface area contributed by atoms with E-state index in [1.54, 1.807) is 7.11 Å². The van der Waals surface area contributed by atoms with Gasteiger partial charge in [-0.15, -0.1) is 0 Å². The van der Waals surface area contributed by atoms with Crippen molar-refractivity contribution in [2.45, 2.75) is 12.8 Å². The van der Waals surface area contributed by atoms with Gasteiger partial charge in [0.1, 0.15) is 6.61 Å². The smallest absolute Gasteiger partial charge is 0.323 e. The van der Waals surface area contributed by atoms with Crippen LogP contribution in [0.5, 0.6) is 0 Å². The van der Waals surface area contributed by atoms with Crippen LogP contribution in [0.4, 0.5) is 0 Å². The van der Waals surface area contributed by atoms with Crippen molar-refractivity contribution < 1.29 is 28.5 Å². The molecule has 17 heavy (non-hydrogen) atoms. The van der Waals surface area contributed by atoms with E-state index in [1.807, 2.05) is 0 Å². The molecule has 1 rings (SSSR count). The van der Waals surface area contributed by atoms with E-state index >= 15 is 0 Å². The van der Waals surface area contributed by atoms with Crippen molar-refractivity contribution in [1.29, 1.82) is 0 Å². The topological polar surface area (TPSA) is 71.1 Å². The van der Waals surface area contributed by atoms with E-state index in [9.17, 15) is 9.59 Å². The molecule has 0 heterocycles. The van der Waals surface area contributed by atoms with E-state index in [-0.39, 0.29) is 6.61 Å². The van der Waals surface area contributed by atoms with Crippen molar-refractivity contribution in [1.82, 2.24) is 0 Å². The number of hydrogen-bond acceptors (Lipinski definition) is 6. The summed E-state index contributed by atoms with van der Waals surface area (Å²) in [5.74, 6) is -1.03. The predicted molar refractivity (Wildman–Crippen MR) is 57.3 cm³/mol. The molecule has 6 nitrogen and oxygen atoms in total. The SMILES string of the molecule is COCCOCCOC(=O)C1(C(=O)OC)CC1. The van der Waals surface area contributed by atoms with E-state index in [0.29, 0.717) is 32.7 Å². The molecule has 0 aromatic carbocycles. The van der Waals surface area contributed by atoms with E-state index in [1.165, 1.54) is 7.11 Å². The Morgan fingerprint density at radius 1 is 1.00 bits per heavy atom. The Morgan fingerprint density at radius 3 is 2.18 bits per heavy atom. The summed E-state index contributed by atoms with van der Waals surface area (Å²) in [5, 5.41) is 0. The fourth-order valence-electron chi connectivity index (χ4n) is 1.39. The minimum atomic E-state index is -1.04. The molecule has 6 heteroatoms. The fourth-order valence-corrected chi connectivity index (χ4v) is 1.39. The summed E-state index contributed by atoms with van der Waals surface area (Å²) in [4.78, 5) is 23.0. The molecule has 0 N–H and O–H groups in total. The highest BCUT2D eigenvalue weighted by Gasteiger charge is 2.59. The normalized spacial score (nSPS) is 16.4. The van der Waals surface area contributed by atoms with Crippen LogP contribution in [0.15, 0.2) is 0 Å². The largest absolute Gasteiger partial charge is 0.468 e. The van der Waals surface area contributed by atoms with Gasteiger partial charge in [0.2, 0.25) is 0 Å². The molecule has 0 unspecified atom stereocenters. The van der Waals surface area contributed by atoms with Crippen LogP contribution in [0.1, 0.15) is 12.8 Å². The summed E-state index contributed by atoms with van der Waals surface area (Å²) in [6.07, 6.45) is 1.01. The van der Waals surface area contributed by atoms with Gasteiger partial charge in [-0.25, -0.2) is 0 Å². The van der Waals surface area contributed by atoms with Gasteiger partial charge in [-0.3, -0.25) is 9.59 Å². The molecular weight excluding hydrogens is 228 g/mol. The molecule has 0 bridgehead atoms. The maximum atomic E-state index is 11.6. The number of methoxy groups -OCH3 is 2. The zero-order valence-electron chi connectivity index (χ0n) is 10.2. The Kier molecular flexibility index (Phi) is 5.37. The molecule has 0 amide bonds. The third-order valence-corrected chi connectivity index (χ3v) is 2.61. The maximum Gasteiger partial charge on any atom is 0.323 e. The number of carbonyl (C=O) groups excluding carboxylic acids is 2. The minimum Gasteiger partial charge on any atom is -0.468 e. The molecule has 1 saturated carbocycles. The van der Waals surface area contributed by atoms with Gasteiger partial charge in [0.05, 0.1) is 26.9 Å². The number of rotatable bonds is 8. The Labute approximate surface area is 100 Å². The Bertz CT molecular complexity index is 271. The Morgan fingerprint density at radius 2 is 1.65 bits per heavy atom. The molecule has 1 aliphatic carbocycles. The van der Waals surface area contributed by atoms with Gasteiger partial charge < -0.3 is 18.9 Å². The van der Waals surface area contributed by atoms with Gasteiger partial charge in [0.25, 0.3) is 0 Å². The molecular formula is C11H18O6. The third kappa shape index (κ3) is 3.67. The van der Waals surface area contributed by atoms with E-state index in [2.05, 4.69) is 4.74 Å². The average molecular weight is 246 g/mol. The monoisotopic (exact) mass is 246 g/mol. The molecule has 0 spiro atoms. The van der Waals surface area contributed by atoms with Gasteiger partial charge in [0, 0.05) is 7.11 Å². The van der Waals surface area contributed by atoms with E-state index < -0.39 is 17.4 Å². The van der Waals surface area contributed by atoms with Gasteiger partial charge in [0.15, 0.2) is 5.41 Å². The standard InChI is InChI=1S/C11H18O6/c1-14-5-6-16-7-8-17-10(13)11(3-4-11)9(12)15-2/h3-8H2,1-2H3. The van der Waals surface area contributed by atoms with E-state index in [4.69, 9.17) is 14.2 Å². The lowest BCUT2D eigenvalue weighted by Crippen LogP contribution is -2.29. The first kappa shape index (κ1) is 13.9. The predicted octanol–water partition coefficient (Wildman–Crippen LogP) is 0.146. The zero-order valence-corrected chi connectivity index (χ0v) is 10.2. The summed E-state index contributed by atoms with van der Waals surface area (Å²) < 4.78 is 19.4.